The van der Waals surface area contributed by atoms with E-state index in [1.54, 1.807) is 7.11 Å². The molecule has 0 aromatic heterocycles. The first kappa shape index (κ1) is 29.6. The van der Waals surface area contributed by atoms with Gasteiger partial charge in [-0.2, -0.15) is 0 Å². The van der Waals surface area contributed by atoms with Gasteiger partial charge in [0.05, 0.1) is 19.8 Å². The van der Waals surface area contributed by atoms with E-state index in [0.29, 0.717) is 25.7 Å². The molecule has 0 heterocycles. The summed E-state index contributed by atoms with van der Waals surface area (Å²) in [6.45, 7) is 13.5. The van der Waals surface area contributed by atoms with E-state index in [1.165, 1.54) is 32.1 Å². The van der Waals surface area contributed by atoms with E-state index < -0.39 is 5.97 Å². The van der Waals surface area contributed by atoms with Crippen LogP contribution in [-0.4, -0.2) is 39.5 Å². The number of methoxy groups -OCH3 is 1. The second-order valence-electron chi connectivity index (χ2n) is 8.28. The lowest BCUT2D eigenvalue weighted by atomic mass is 9.82. The van der Waals surface area contributed by atoms with Crippen LogP contribution in [0, 0.1) is 11.8 Å². The molecule has 0 saturated carbocycles. The van der Waals surface area contributed by atoms with E-state index in [0.717, 1.165) is 45.1 Å². The molecule has 0 saturated heterocycles. The molecule has 0 aliphatic heterocycles. The van der Waals surface area contributed by atoms with Crippen LogP contribution < -0.4 is 0 Å². The van der Waals surface area contributed by atoms with Gasteiger partial charge in [0.25, 0.3) is 5.97 Å². The van der Waals surface area contributed by atoms with Crippen molar-refractivity contribution in [2.75, 3.05) is 33.5 Å². The Bertz CT molecular complexity index is 361. The summed E-state index contributed by atoms with van der Waals surface area (Å²) in [6.07, 6.45) is 16.9. The van der Waals surface area contributed by atoms with Gasteiger partial charge in [0.1, 0.15) is 0 Å². The van der Waals surface area contributed by atoms with Gasteiger partial charge in [-0.1, -0.05) is 72.0 Å². The van der Waals surface area contributed by atoms with Gasteiger partial charge in [-0.15, -0.1) is 0 Å². The van der Waals surface area contributed by atoms with Crippen molar-refractivity contribution in [2.45, 2.75) is 111 Å². The lowest BCUT2D eigenvalue weighted by Crippen LogP contribution is -2.50. The highest BCUT2D eigenvalue weighted by molar-refractivity contribution is 4.93. The van der Waals surface area contributed by atoms with Crippen molar-refractivity contribution in [3.05, 3.63) is 12.2 Å². The molecule has 0 aromatic carbocycles. The van der Waals surface area contributed by atoms with Crippen LogP contribution in [0.4, 0.5) is 0 Å². The summed E-state index contributed by atoms with van der Waals surface area (Å²) in [5, 5.41) is 0. The highest BCUT2D eigenvalue weighted by Crippen LogP contribution is 2.39. The van der Waals surface area contributed by atoms with Gasteiger partial charge in [0, 0.05) is 19.6 Å². The smallest absolute Gasteiger partial charge is 0.286 e. The van der Waals surface area contributed by atoms with E-state index in [-0.39, 0.29) is 5.92 Å². The maximum atomic E-state index is 6.43. The normalized spacial score (nSPS) is 14.5. The van der Waals surface area contributed by atoms with E-state index >= 15 is 0 Å². The fourth-order valence-electron chi connectivity index (χ4n) is 3.94. The predicted octanol–water partition coefficient (Wildman–Crippen LogP) is 7.52. The summed E-state index contributed by atoms with van der Waals surface area (Å²) in [4.78, 5) is 0. The molecule has 0 N–H and O–H groups in total. The van der Waals surface area contributed by atoms with Gasteiger partial charge in [-0.25, -0.2) is 0 Å². The van der Waals surface area contributed by atoms with Gasteiger partial charge in [-0.05, 0) is 51.4 Å². The van der Waals surface area contributed by atoms with Crippen molar-refractivity contribution in [3.8, 4) is 0 Å². The standard InChI is InChI=1S/C26H52O4/c1-7-12-13-14-15-18-24(17-8-2)25(19-16-23-27-6)26(28-20-9-3,29-21-10-4)30-22-11-5/h8,17,24-25H,7,9-16,18-23H2,1-6H3. The first-order valence-corrected chi connectivity index (χ1v) is 12.7. The summed E-state index contributed by atoms with van der Waals surface area (Å²) in [6, 6.07) is 0. The average Bonchev–Trinajstić information content (AvgIpc) is 2.76. The van der Waals surface area contributed by atoms with Gasteiger partial charge in [-0.3, -0.25) is 0 Å². The number of hydrogen-bond donors (Lipinski definition) is 0. The lowest BCUT2D eigenvalue weighted by Gasteiger charge is -2.42. The molecule has 0 amide bonds. The van der Waals surface area contributed by atoms with Crippen LogP contribution in [0.3, 0.4) is 0 Å². The zero-order valence-corrected chi connectivity index (χ0v) is 21.0. The monoisotopic (exact) mass is 428 g/mol. The minimum atomic E-state index is -0.969. The Morgan fingerprint density at radius 1 is 0.667 bits per heavy atom. The third kappa shape index (κ3) is 12.4. The fourth-order valence-corrected chi connectivity index (χ4v) is 3.94. The van der Waals surface area contributed by atoms with Gasteiger partial charge in [0.2, 0.25) is 0 Å². The van der Waals surface area contributed by atoms with Gasteiger partial charge in [0.15, 0.2) is 0 Å². The summed E-state index contributed by atoms with van der Waals surface area (Å²) in [5.74, 6) is -0.442. The lowest BCUT2D eigenvalue weighted by molar-refractivity contribution is -0.410. The first-order valence-electron chi connectivity index (χ1n) is 12.7. The molecule has 0 fully saturated rings. The Kier molecular flexibility index (Phi) is 20.2. The van der Waals surface area contributed by atoms with Crippen molar-refractivity contribution in [1.82, 2.24) is 0 Å². The Labute approximate surface area is 188 Å². The zero-order chi connectivity index (χ0) is 22.5. The molecule has 0 spiro atoms. The third-order valence-electron chi connectivity index (χ3n) is 5.44. The SMILES string of the molecule is CC=CC(CCCCCCC)C(CCCOC)C(OCCC)(OCCC)OCCC. The third-order valence-corrected chi connectivity index (χ3v) is 5.44. The molecular formula is C26H52O4. The Balaban J connectivity index is 5.71. The van der Waals surface area contributed by atoms with Crippen molar-refractivity contribution >= 4 is 0 Å². The van der Waals surface area contributed by atoms with Crippen molar-refractivity contribution in [1.29, 1.82) is 0 Å². The Morgan fingerprint density at radius 3 is 1.70 bits per heavy atom. The molecule has 180 valence electrons. The number of allylic oxidation sites excluding steroid dienone is 2. The van der Waals surface area contributed by atoms with Crippen LogP contribution >= 0.6 is 0 Å². The highest BCUT2D eigenvalue weighted by Gasteiger charge is 2.45. The van der Waals surface area contributed by atoms with Gasteiger partial charge >= 0.3 is 0 Å². The van der Waals surface area contributed by atoms with Crippen LogP contribution in [0.2, 0.25) is 0 Å². The molecule has 30 heavy (non-hydrogen) atoms. The summed E-state index contributed by atoms with van der Waals surface area (Å²) < 4.78 is 24.7. The minimum absolute atomic E-state index is 0.152. The molecule has 2 unspecified atom stereocenters. The second-order valence-corrected chi connectivity index (χ2v) is 8.28. The van der Waals surface area contributed by atoms with E-state index in [4.69, 9.17) is 18.9 Å². The van der Waals surface area contributed by atoms with Crippen LogP contribution in [0.25, 0.3) is 0 Å². The van der Waals surface area contributed by atoms with Crippen LogP contribution in [0.1, 0.15) is 105 Å². The summed E-state index contributed by atoms with van der Waals surface area (Å²) >= 11 is 0. The predicted molar refractivity (Wildman–Crippen MR) is 128 cm³/mol. The molecule has 0 aromatic rings. The maximum Gasteiger partial charge on any atom is 0.286 e. The second kappa shape index (κ2) is 20.5. The van der Waals surface area contributed by atoms with Crippen LogP contribution in [0.15, 0.2) is 12.2 Å². The number of rotatable bonds is 22. The number of unbranched alkanes of at least 4 members (excludes halogenated alkanes) is 4. The first-order chi connectivity index (χ1) is 14.7. The molecule has 0 bridgehead atoms. The average molecular weight is 429 g/mol. The minimum Gasteiger partial charge on any atom is -0.385 e. The zero-order valence-electron chi connectivity index (χ0n) is 21.0. The van der Waals surface area contributed by atoms with E-state index in [1.807, 2.05) is 0 Å². The molecule has 0 aliphatic carbocycles. The van der Waals surface area contributed by atoms with Crippen LogP contribution in [0.5, 0.6) is 0 Å². The highest BCUT2D eigenvalue weighted by atomic mass is 16.9. The quantitative estimate of drug-likeness (QED) is 0.101. The van der Waals surface area contributed by atoms with E-state index in [9.17, 15) is 0 Å². The van der Waals surface area contributed by atoms with E-state index in [2.05, 4.69) is 46.8 Å². The summed E-state index contributed by atoms with van der Waals surface area (Å²) in [7, 11) is 1.77. The Hall–Kier alpha value is -0.420. The summed E-state index contributed by atoms with van der Waals surface area (Å²) in [5.41, 5.74) is 0. The molecule has 0 aliphatic rings. The van der Waals surface area contributed by atoms with Gasteiger partial charge < -0.3 is 18.9 Å². The van der Waals surface area contributed by atoms with Crippen LogP contribution in [-0.2, 0) is 18.9 Å². The van der Waals surface area contributed by atoms with Crippen molar-refractivity contribution < 1.29 is 18.9 Å². The molecule has 0 rings (SSSR count). The molecule has 0 radical (unpaired) electrons. The topological polar surface area (TPSA) is 36.9 Å². The molecule has 2 atom stereocenters. The van der Waals surface area contributed by atoms with Crippen molar-refractivity contribution in [3.63, 3.8) is 0 Å². The Morgan fingerprint density at radius 2 is 1.23 bits per heavy atom. The number of ether oxygens (including phenoxy) is 4. The maximum absolute atomic E-state index is 6.43. The van der Waals surface area contributed by atoms with Crippen molar-refractivity contribution in [2.24, 2.45) is 11.8 Å². The molecule has 4 nitrogen and oxygen atoms in total. The fraction of sp³-hybridized carbons (Fsp3) is 0.923. The largest absolute Gasteiger partial charge is 0.385 e. The molecule has 4 heteroatoms. The number of hydrogen-bond acceptors (Lipinski definition) is 4. The molecular weight excluding hydrogens is 376 g/mol.